The van der Waals surface area contributed by atoms with Crippen LogP contribution in [0.1, 0.15) is 11.3 Å². The van der Waals surface area contributed by atoms with Crippen molar-refractivity contribution in [3.63, 3.8) is 0 Å². The zero-order chi connectivity index (χ0) is 19.6. The Morgan fingerprint density at radius 1 is 0.963 bits per heavy atom. The van der Waals surface area contributed by atoms with Crippen LogP contribution in [-0.4, -0.2) is 14.9 Å². The number of nitrogens with zero attached hydrogens (tertiary/aromatic N) is 2. The maximum atomic E-state index is 6.24. The molecule has 0 aliphatic heterocycles. The molecule has 140 valence electrons. The number of benzene rings is 2. The lowest BCUT2D eigenvalue weighted by molar-refractivity contribution is 0.668. The van der Waals surface area contributed by atoms with Gasteiger partial charge in [-0.25, -0.2) is 0 Å². The summed E-state index contributed by atoms with van der Waals surface area (Å²) in [4.78, 5) is 0. The van der Waals surface area contributed by atoms with Crippen molar-refractivity contribution < 1.29 is 0 Å². The van der Waals surface area contributed by atoms with Gasteiger partial charge in [0, 0.05) is 33.1 Å². The van der Waals surface area contributed by atoms with Crippen LogP contribution in [0.4, 0.5) is 11.5 Å². The zero-order valence-corrected chi connectivity index (χ0v) is 17.9. The van der Waals surface area contributed by atoms with Crippen LogP contribution in [0, 0.1) is 6.92 Å². The van der Waals surface area contributed by atoms with Gasteiger partial charge in [0.15, 0.2) is 10.9 Å². The SMILES string of the molecule is Cc1cc(NC(=S)Nc2ccc(Cl)c(Cl)c2)nn1Cc1c(Cl)cccc1Cl. The summed E-state index contributed by atoms with van der Waals surface area (Å²) in [7, 11) is 0. The Balaban J connectivity index is 1.70. The first-order valence-corrected chi connectivity index (χ1v) is 9.76. The molecule has 0 radical (unpaired) electrons. The van der Waals surface area contributed by atoms with Gasteiger partial charge in [0.2, 0.25) is 0 Å². The molecule has 0 bridgehead atoms. The predicted octanol–water partition coefficient (Wildman–Crippen LogP) is 6.66. The van der Waals surface area contributed by atoms with Crippen LogP contribution >= 0.6 is 58.6 Å². The molecule has 27 heavy (non-hydrogen) atoms. The van der Waals surface area contributed by atoms with Crippen molar-refractivity contribution in [1.82, 2.24) is 9.78 Å². The monoisotopic (exact) mass is 458 g/mol. The van der Waals surface area contributed by atoms with E-state index in [9.17, 15) is 0 Å². The Morgan fingerprint density at radius 3 is 2.33 bits per heavy atom. The Morgan fingerprint density at radius 2 is 1.67 bits per heavy atom. The van der Waals surface area contributed by atoms with Crippen molar-refractivity contribution in [2.45, 2.75) is 13.5 Å². The summed E-state index contributed by atoms with van der Waals surface area (Å²) in [6, 6.07) is 12.5. The van der Waals surface area contributed by atoms with E-state index in [1.54, 1.807) is 35.0 Å². The highest BCUT2D eigenvalue weighted by molar-refractivity contribution is 7.80. The number of hydrogen-bond acceptors (Lipinski definition) is 2. The van der Waals surface area contributed by atoms with E-state index < -0.39 is 0 Å². The average Bonchev–Trinajstić information content (AvgIpc) is 2.93. The lowest BCUT2D eigenvalue weighted by Crippen LogP contribution is -2.19. The Bertz CT molecular complexity index is 983. The third kappa shape index (κ3) is 5.06. The summed E-state index contributed by atoms with van der Waals surface area (Å²) in [6.45, 7) is 2.40. The number of hydrogen-bond donors (Lipinski definition) is 2. The molecular formula is C18H14Cl4N4S. The first-order chi connectivity index (χ1) is 12.8. The van der Waals surface area contributed by atoms with Crippen LogP contribution in [0.15, 0.2) is 42.5 Å². The third-order valence-corrected chi connectivity index (χ3v) is 5.42. The largest absolute Gasteiger partial charge is 0.332 e. The number of nitrogens with one attached hydrogen (secondary N) is 2. The molecule has 1 aromatic heterocycles. The highest BCUT2D eigenvalue weighted by atomic mass is 35.5. The molecule has 0 spiro atoms. The molecule has 0 aliphatic carbocycles. The summed E-state index contributed by atoms with van der Waals surface area (Å²) in [5, 5.41) is 13.1. The number of aryl methyl sites for hydroxylation is 1. The van der Waals surface area contributed by atoms with Gasteiger partial charge in [0.25, 0.3) is 0 Å². The normalized spacial score (nSPS) is 10.7. The smallest absolute Gasteiger partial charge is 0.176 e. The van der Waals surface area contributed by atoms with Crippen LogP contribution in [0.5, 0.6) is 0 Å². The van der Waals surface area contributed by atoms with Gasteiger partial charge in [0.05, 0.1) is 16.6 Å². The highest BCUT2D eigenvalue weighted by Crippen LogP contribution is 2.26. The molecule has 0 atom stereocenters. The van der Waals surface area contributed by atoms with Crippen molar-refractivity contribution >= 4 is 75.2 Å². The maximum Gasteiger partial charge on any atom is 0.176 e. The van der Waals surface area contributed by atoms with Gasteiger partial charge in [-0.1, -0.05) is 52.5 Å². The molecule has 3 rings (SSSR count). The van der Waals surface area contributed by atoms with Gasteiger partial charge in [-0.15, -0.1) is 0 Å². The minimum atomic E-state index is 0.383. The van der Waals surface area contributed by atoms with Crippen molar-refractivity contribution in [2.75, 3.05) is 10.6 Å². The minimum Gasteiger partial charge on any atom is -0.332 e. The van der Waals surface area contributed by atoms with Crippen molar-refractivity contribution in [3.8, 4) is 0 Å². The van der Waals surface area contributed by atoms with E-state index in [1.165, 1.54) is 0 Å². The number of rotatable bonds is 4. The quantitative estimate of drug-likeness (QED) is 0.428. The highest BCUT2D eigenvalue weighted by Gasteiger charge is 2.11. The lowest BCUT2D eigenvalue weighted by Gasteiger charge is -2.10. The first kappa shape index (κ1) is 20.2. The molecule has 4 nitrogen and oxygen atoms in total. The fourth-order valence-electron chi connectivity index (χ4n) is 2.42. The zero-order valence-electron chi connectivity index (χ0n) is 14.1. The third-order valence-electron chi connectivity index (χ3n) is 3.77. The Hall–Kier alpha value is -1.50. The van der Waals surface area contributed by atoms with Crippen molar-refractivity contribution in [3.05, 3.63) is 73.8 Å². The Labute approximate surface area is 182 Å². The number of thiocarbonyl (C=S) groups is 1. The number of anilines is 2. The van der Waals surface area contributed by atoms with E-state index in [4.69, 9.17) is 58.6 Å². The molecule has 0 saturated carbocycles. The molecule has 9 heteroatoms. The van der Waals surface area contributed by atoms with E-state index in [-0.39, 0.29) is 0 Å². The average molecular weight is 460 g/mol. The molecule has 2 N–H and O–H groups in total. The van der Waals surface area contributed by atoms with Gasteiger partial charge in [-0.3, -0.25) is 4.68 Å². The van der Waals surface area contributed by atoms with Crippen molar-refractivity contribution in [1.29, 1.82) is 0 Å². The van der Waals surface area contributed by atoms with E-state index >= 15 is 0 Å². The van der Waals surface area contributed by atoms with Crippen molar-refractivity contribution in [2.24, 2.45) is 0 Å². The molecule has 0 fully saturated rings. The van der Waals surface area contributed by atoms with Crippen LogP contribution < -0.4 is 10.6 Å². The molecule has 3 aromatic rings. The van der Waals surface area contributed by atoms with E-state index in [0.717, 1.165) is 16.9 Å². The number of halogens is 4. The topological polar surface area (TPSA) is 41.9 Å². The molecule has 0 saturated heterocycles. The lowest BCUT2D eigenvalue weighted by atomic mass is 10.2. The molecule has 2 aromatic carbocycles. The minimum absolute atomic E-state index is 0.383. The van der Waals surface area contributed by atoms with E-state index in [2.05, 4.69) is 15.7 Å². The standard InChI is InChI=1S/C18H14Cl4N4S/c1-10-7-17(24-18(27)23-11-5-6-15(21)16(22)8-11)25-26(10)9-12-13(19)3-2-4-14(12)20/h2-8H,9H2,1H3,(H2,23,24,25,27). The summed E-state index contributed by atoms with van der Waals surface area (Å²) < 4.78 is 1.80. The molecule has 1 heterocycles. The first-order valence-electron chi connectivity index (χ1n) is 7.84. The summed E-state index contributed by atoms with van der Waals surface area (Å²) in [6.07, 6.45) is 0. The van der Waals surface area contributed by atoms with Gasteiger partial charge < -0.3 is 10.6 Å². The van der Waals surface area contributed by atoms with Gasteiger partial charge in [-0.05, 0) is 49.5 Å². The van der Waals surface area contributed by atoms with Crippen LogP contribution in [0.2, 0.25) is 20.1 Å². The molecule has 0 unspecified atom stereocenters. The van der Waals surface area contributed by atoms with Gasteiger partial charge >= 0.3 is 0 Å². The number of aromatic nitrogens is 2. The van der Waals surface area contributed by atoms with Gasteiger partial charge in [0.1, 0.15) is 0 Å². The van der Waals surface area contributed by atoms with Gasteiger partial charge in [-0.2, -0.15) is 5.10 Å². The summed E-state index contributed by atoms with van der Waals surface area (Å²) in [5.41, 5.74) is 2.47. The van der Waals surface area contributed by atoms with Crippen LogP contribution in [-0.2, 0) is 6.54 Å². The maximum absolute atomic E-state index is 6.24. The Kier molecular flexibility index (Phi) is 6.50. The predicted molar refractivity (Wildman–Crippen MR) is 119 cm³/mol. The van der Waals surface area contributed by atoms with E-state index in [1.807, 2.05) is 19.1 Å². The second-order valence-corrected chi connectivity index (χ2v) is 7.77. The molecular weight excluding hydrogens is 446 g/mol. The van der Waals surface area contributed by atoms with Crippen LogP contribution in [0.25, 0.3) is 0 Å². The van der Waals surface area contributed by atoms with Crippen LogP contribution in [0.3, 0.4) is 0 Å². The molecule has 0 amide bonds. The summed E-state index contributed by atoms with van der Waals surface area (Å²) in [5.74, 6) is 0.605. The fourth-order valence-corrected chi connectivity index (χ4v) is 3.45. The summed E-state index contributed by atoms with van der Waals surface area (Å²) >= 11 is 29.7. The fraction of sp³-hybridized carbons (Fsp3) is 0.111. The second kappa shape index (κ2) is 8.67. The van der Waals surface area contributed by atoms with E-state index in [0.29, 0.717) is 37.6 Å². The molecule has 0 aliphatic rings. The second-order valence-electron chi connectivity index (χ2n) is 5.74.